The summed E-state index contributed by atoms with van der Waals surface area (Å²) >= 11 is 0. The Morgan fingerprint density at radius 1 is 1.00 bits per heavy atom. The number of alkyl halides is 3. The van der Waals surface area contributed by atoms with Crippen molar-refractivity contribution in [1.29, 1.82) is 0 Å². The molecule has 10 nitrogen and oxygen atoms in total. The van der Waals surface area contributed by atoms with Crippen molar-refractivity contribution in [2.24, 2.45) is 0 Å². The molecule has 1 aromatic carbocycles. The van der Waals surface area contributed by atoms with E-state index in [9.17, 15) is 21.6 Å². The van der Waals surface area contributed by atoms with Gasteiger partial charge in [-0.15, -0.1) is 0 Å². The zero-order valence-corrected chi connectivity index (χ0v) is 24.5. The molecule has 1 aliphatic heterocycles. The minimum Gasteiger partial charge on any atom is -0.383 e. The van der Waals surface area contributed by atoms with Crippen molar-refractivity contribution in [2.75, 3.05) is 43.7 Å². The number of likely N-dealkylation sites (N-methyl/N-ethyl adjacent to an activating group) is 1. The highest BCUT2D eigenvalue weighted by Gasteiger charge is 2.34. The topological polar surface area (TPSA) is 130 Å². The molecule has 0 aliphatic carbocycles. The van der Waals surface area contributed by atoms with Crippen LogP contribution in [0.5, 0.6) is 0 Å². The number of halogens is 3. The molecule has 43 heavy (non-hydrogen) atoms. The summed E-state index contributed by atoms with van der Waals surface area (Å²) < 4.78 is 70.6. The van der Waals surface area contributed by atoms with Gasteiger partial charge in [0.2, 0.25) is 0 Å². The number of piperazine rings is 1. The molecule has 0 bridgehead atoms. The van der Waals surface area contributed by atoms with Gasteiger partial charge in [0, 0.05) is 56.4 Å². The number of nitrogens with one attached hydrogen (secondary N) is 1. The molecule has 0 radical (unpaired) electrons. The lowest BCUT2D eigenvalue weighted by Gasteiger charge is -2.33. The van der Waals surface area contributed by atoms with Crippen molar-refractivity contribution in [3.63, 3.8) is 0 Å². The summed E-state index contributed by atoms with van der Waals surface area (Å²) in [5.41, 5.74) is 7.98. The van der Waals surface area contributed by atoms with Crippen LogP contribution in [0.15, 0.2) is 47.8 Å². The second kappa shape index (κ2) is 11.8. The number of hydrogen-bond acceptors (Lipinski definition) is 9. The van der Waals surface area contributed by atoms with E-state index in [1.54, 1.807) is 6.92 Å². The average Bonchev–Trinajstić information content (AvgIpc) is 2.95. The maximum absolute atomic E-state index is 14.0. The van der Waals surface area contributed by atoms with Gasteiger partial charge in [-0.1, -0.05) is 17.9 Å². The summed E-state index contributed by atoms with van der Waals surface area (Å²) in [4.78, 5) is 20.9. The number of sulfonamides is 1. The lowest BCUT2D eigenvalue weighted by Crippen LogP contribution is -2.44. The Bertz CT molecular complexity index is 1860. The SMILES string of the molecule is Cc1nc2cnc(N)c(C#Cc3cncc(S(=O)(=O)Nc4ccc(CN5CCN(C)CC5)c(C(F)(F)F)c4)c3)c2nc1C. The molecule has 0 atom stereocenters. The minimum atomic E-state index is -4.67. The number of benzene rings is 1. The summed E-state index contributed by atoms with van der Waals surface area (Å²) in [6.45, 7) is 6.55. The van der Waals surface area contributed by atoms with Gasteiger partial charge < -0.3 is 10.6 Å². The normalized spacial score (nSPS) is 14.8. The molecule has 0 amide bonds. The van der Waals surface area contributed by atoms with Gasteiger partial charge in [-0.05, 0) is 44.7 Å². The molecule has 0 saturated carbocycles. The fraction of sp³-hybridized carbons (Fsp3) is 0.310. The van der Waals surface area contributed by atoms with Crippen molar-refractivity contribution in [1.82, 2.24) is 29.7 Å². The van der Waals surface area contributed by atoms with E-state index in [0.717, 1.165) is 31.0 Å². The number of nitrogens with zero attached hydrogens (tertiary/aromatic N) is 6. The Hall–Kier alpha value is -4.32. The molecule has 4 aromatic rings. The first-order valence-corrected chi connectivity index (χ1v) is 14.8. The molecule has 0 unspecified atom stereocenters. The first-order chi connectivity index (χ1) is 20.3. The third-order valence-electron chi connectivity index (χ3n) is 7.17. The van der Waals surface area contributed by atoms with Crippen LogP contribution in [0, 0.1) is 25.7 Å². The van der Waals surface area contributed by atoms with Crippen molar-refractivity contribution in [3.05, 3.63) is 76.5 Å². The molecule has 3 aromatic heterocycles. The third kappa shape index (κ3) is 6.85. The number of rotatable bonds is 5. The summed E-state index contributed by atoms with van der Waals surface area (Å²) in [6, 6.07) is 4.73. The number of anilines is 2. The monoisotopic (exact) mass is 610 g/mol. The lowest BCUT2D eigenvalue weighted by atomic mass is 10.1. The number of aromatic nitrogens is 4. The van der Waals surface area contributed by atoms with Crippen molar-refractivity contribution in [2.45, 2.75) is 31.5 Å². The van der Waals surface area contributed by atoms with Gasteiger partial charge in [0.15, 0.2) is 0 Å². The molecule has 3 N–H and O–H groups in total. The van der Waals surface area contributed by atoms with E-state index in [1.165, 1.54) is 30.6 Å². The molecule has 0 spiro atoms. The Morgan fingerprint density at radius 3 is 2.44 bits per heavy atom. The van der Waals surface area contributed by atoms with Crippen LogP contribution in [-0.4, -0.2) is 71.4 Å². The average molecular weight is 611 g/mol. The summed E-state index contributed by atoms with van der Waals surface area (Å²) in [5, 5.41) is 0. The zero-order valence-electron chi connectivity index (χ0n) is 23.7. The first kappa shape index (κ1) is 30.1. The predicted molar refractivity (Wildman–Crippen MR) is 156 cm³/mol. The van der Waals surface area contributed by atoms with E-state index in [2.05, 4.69) is 41.4 Å². The van der Waals surface area contributed by atoms with Crippen LogP contribution in [0.25, 0.3) is 11.0 Å². The highest BCUT2D eigenvalue weighted by molar-refractivity contribution is 7.92. The fourth-order valence-electron chi connectivity index (χ4n) is 4.61. The Labute approximate surface area is 247 Å². The fourth-order valence-corrected chi connectivity index (χ4v) is 5.64. The molecular formula is C29H29F3N8O2S. The van der Waals surface area contributed by atoms with Gasteiger partial charge in [0.1, 0.15) is 21.7 Å². The molecule has 5 rings (SSSR count). The largest absolute Gasteiger partial charge is 0.416 e. The molecule has 1 saturated heterocycles. The minimum absolute atomic E-state index is 0.0798. The van der Waals surface area contributed by atoms with Gasteiger partial charge in [-0.25, -0.2) is 23.4 Å². The van der Waals surface area contributed by atoms with Crippen LogP contribution < -0.4 is 10.5 Å². The van der Waals surface area contributed by atoms with Gasteiger partial charge in [-0.3, -0.25) is 14.6 Å². The van der Waals surface area contributed by atoms with E-state index in [0.29, 0.717) is 35.4 Å². The number of pyridine rings is 2. The van der Waals surface area contributed by atoms with E-state index in [-0.39, 0.29) is 34.1 Å². The van der Waals surface area contributed by atoms with Crippen LogP contribution in [-0.2, 0) is 22.7 Å². The van der Waals surface area contributed by atoms with Gasteiger partial charge in [0.05, 0.1) is 28.7 Å². The van der Waals surface area contributed by atoms with E-state index < -0.39 is 21.8 Å². The quantitative estimate of drug-likeness (QED) is 0.326. The number of fused-ring (bicyclic) bond motifs is 1. The van der Waals surface area contributed by atoms with Gasteiger partial charge >= 0.3 is 6.18 Å². The maximum Gasteiger partial charge on any atom is 0.416 e. The van der Waals surface area contributed by atoms with Crippen molar-refractivity contribution >= 4 is 32.6 Å². The molecule has 4 heterocycles. The van der Waals surface area contributed by atoms with Gasteiger partial charge in [-0.2, -0.15) is 13.2 Å². The number of nitrogen functional groups attached to an aromatic ring is 1. The lowest BCUT2D eigenvalue weighted by molar-refractivity contribution is -0.138. The van der Waals surface area contributed by atoms with Crippen molar-refractivity contribution in [3.8, 4) is 11.8 Å². The van der Waals surface area contributed by atoms with Crippen LogP contribution in [0.4, 0.5) is 24.7 Å². The van der Waals surface area contributed by atoms with Crippen LogP contribution in [0.3, 0.4) is 0 Å². The maximum atomic E-state index is 14.0. The standard InChI is InChI=1S/C29H29F3N8O2S/c1-18-19(2)37-27-24(28(33)35-16-26(27)36-18)7-4-20-12-23(15-34-14-20)43(41,42)38-22-6-5-21(25(13-22)29(30,31)32)17-40-10-8-39(3)9-11-40/h5-6,12-16,38H,8-11,17H2,1-3H3,(H2,33,35). The third-order valence-corrected chi connectivity index (χ3v) is 8.51. The smallest absolute Gasteiger partial charge is 0.383 e. The summed E-state index contributed by atoms with van der Waals surface area (Å²) in [6.07, 6.45) is -0.721. The summed E-state index contributed by atoms with van der Waals surface area (Å²) in [7, 11) is -2.34. The van der Waals surface area contributed by atoms with Crippen LogP contribution in [0.2, 0.25) is 0 Å². The van der Waals surface area contributed by atoms with Gasteiger partial charge in [0.25, 0.3) is 10.0 Å². The highest BCUT2D eigenvalue weighted by atomic mass is 32.2. The molecular weight excluding hydrogens is 581 g/mol. The zero-order chi connectivity index (χ0) is 30.9. The summed E-state index contributed by atoms with van der Waals surface area (Å²) in [5.74, 6) is 5.85. The highest BCUT2D eigenvalue weighted by Crippen LogP contribution is 2.35. The van der Waals surface area contributed by atoms with Crippen LogP contribution in [0.1, 0.15) is 33.6 Å². The van der Waals surface area contributed by atoms with Crippen molar-refractivity contribution < 1.29 is 21.6 Å². The molecule has 224 valence electrons. The van der Waals surface area contributed by atoms with E-state index >= 15 is 0 Å². The Kier molecular flexibility index (Phi) is 8.24. The molecule has 14 heteroatoms. The Morgan fingerprint density at radius 2 is 1.72 bits per heavy atom. The van der Waals surface area contributed by atoms with Crippen LogP contribution >= 0.6 is 0 Å². The predicted octanol–water partition coefficient (Wildman–Crippen LogP) is 3.59. The molecule has 1 fully saturated rings. The number of nitrogens with two attached hydrogens (primary N) is 1. The van der Waals surface area contributed by atoms with E-state index in [1.807, 2.05) is 18.9 Å². The number of aryl methyl sites for hydroxylation is 2. The Balaban J connectivity index is 1.41. The number of hydrogen-bond donors (Lipinski definition) is 2. The second-order valence-electron chi connectivity index (χ2n) is 10.4. The first-order valence-electron chi connectivity index (χ1n) is 13.3. The molecule has 1 aliphatic rings. The van der Waals surface area contributed by atoms with E-state index in [4.69, 9.17) is 5.73 Å². The second-order valence-corrected chi connectivity index (χ2v) is 12.0.